The van der Waals surface area contributed by atoms with Crippen molar-refractivity contribution in [2.24, 2.45) is 5.92 Å². The van der Waals surface area contributed by atoms with Gasteiger partial charge in [0.1, 0.15) is 0 Å². The molecule has 1 fully saturated rings. The molecule has 4 heteroatoms. The second-order valence-corrected chi connectivity index (χ2v) is 3.87. The number of hydrogen-bond acceptors (Lipinski definition) is 3. The lowest BCUT2D eigenvalue weighted by Gasteiger charge is -2.36. The van der Waals surface area contributed by atoms with Crippen LogP contribution >= 0.6 is 0 Å². The molecule has 0 bridgehead atoms. The normalized spacial score (nSPS) is 17.3. The maximum atomic E-state index is 10.6. The molecular weight excluding hydrogens is 192 g/mol. The number of aliphatic carboxylic acids is 1. The van der Waals surface area contributed by atoms with E-state index in [-0.39, 0.29) is 5.92 Å². The van der Waals surface area contributed by atoms with E-state index in [1.165, 1.54) is 0 Å². The Balaban J connectivity index is 1.71. The van der Waals surface area contributed by atoms with Crippen LogP contribution in [0.5, 0.6) is 0 Å². The first-order valence-corrected chi connectivity index (χ1v) is 5.11. The van der Waals surface area contributed by atoms with Crippen LogP contribution < -0.4 is 0 Å². The number of carboxylic acid groups (broad SMARTS) is 1. The molecule has 1 N–H and O–H groups in total. The quantitative estimate of drug-likeness (QED) is 0.785. The van der Waals surface area contributed by atoms with E-state index >= 15 is 0 Å². The minimum Gasteiger partial charge on any atom is -0.481 e. The molecule has 1 saturated heterocycles. The van der Waals surface area contributed by atoms with Crippen LogP contribution in [0.3, 0.4) is 0 Å². The Morgan fingerprint density at radius 1 is 1.53 bits per heavy atom. The molecule has 0 amide bonds. The van der Waals surface area contributed by atoms with Gasteiger partial charge in [-0.05, 0) is 12.1 Å². The summed E-state index contributed by atoms with van der Waals surface area (Å²) in [5, 5.41) is 8.70. The summed E-state index contributed by atoms with van der Waals surface area (Å²) in [7, 11) is 0. The van der Waals surface area contributed by atoms with Gasteiger partial charge in [0.05, 0.1) is 5.92 Å². The lowest BCUT2D eigenvalue weighted by Crippen LogP contribution is -2.50. The van der Waals surface area contributed by atoms with Gasteiger partial charge in [-0.1, -0.05) is 6.07 Å². The average Bonchev–Trinajstić information content (AvgIpc) is 2.16. The van der Waals surface area contributed by atoms with E-state index in [0.29, 0.717) is 13.1 Å². The van der Waals surface area contributed by atoms with Gasteiger partial charge in [0.15, 0.2) is 0 Å². The molecule has 2 rings (SSSR count). The van der Waals surface area contributed by atoms with E-state index in [9.17, 15) is 4.79 Å². The van der Waals surface area contributed by atoms with E-state index in [1.807, 2.05) is 18.2 Å². The molecule has 0 aromatic carbocycles. The lowest BCUT2D eigenvalue weighted by molar-refractivity contribution is -0.147. The molecule has 1 aliphatic heterocycles. The Morgan fingerprint density at radius 3 is 2.93 bits per heavy atom. The van der Waals surface area contributed by atoms with Crippen LogP contribution in [-0.4, -0.2) is 40.6 Å². The van der Waals surface area contributed by atoms with Gasteiger partial charge in [-0.25, -0.2) is 0 Å². The topological polar surface area (TPSA) is 53.4 Å². The summed E-state index contributed by atoms with van der Waals surface area (Å²) in [6.45, 7) is 2.27. The summed E-state index contributed by atoms with van der Waals surface area (Å²) in [5.74, 6) is -0.835. The van der Waals surface area contributed by atoms with Crippen molar-refractivity contribution >= 4 is 5.97 Å². The van der Waals surface area contributed by atoms with Crippen molar-refractivity contribution in [3.8, 4) is 0 Å². The van der Waals surface area contributed by atoms with Crippen molar-refractivity contribution in [3.05, 3.63) is 30.1 Å². The fraction of sp³-hybridized carbons (Fsp3) is 0.455. The molecule has 0 radical (unpaired) electrons. The van der Waals surface area contributed by atoms with Gasteiger partial charge in [0.2, 0.25) is 0 Å². The third-order valence-corrected chi connectivity index (χ3v) is 2.72. The SMILES string of the molecule is O=C(O)C1CN(CCc2ccccn2)C1. The van der Waals surface area contributed by atoms with Gasteiger partial charge < -0.3 is 10.0 Å². The minimum absolute atomic E-state index is 0.159. The molecule has 0 atom stereocenters. The Bertz CT molecular complexity index is 334. The van der Waals surface area contributed by atoms with Crippen molar-refractivity contribution in [3.63, 3.8) is 0 Å². The highest BCUT2D eigenvalue weighted by Crippen LogP contribution is 2.15. The summed E-state index contributed by atoms with van der Waals surface area (Å²) < 4.78 is 0. The molecule has 0 unspecified atom stereocenters. The zero-order chi connectivity index (χ0) is 10.7. The zero-order valence-corrected chi connectivity index (χ0v) is 8.47. The van der Waals surface area contributed by atoms with Crippen LogP contribution in [0, 0.1) is 5.92 Å². The Morgan fingerprint density at radius 2 is 2.33 bits per heavy atom. The highest BCUT2D eigenvalue weighted by molar-refractivity contribution is 5.71. The number of likely N-dealkylation sites (tertiary alicyclic amines) is 1. The molecule has 1 aliphatic rings. The van der Waals surface area contributed by atoms with Crippen LogP contribution in [-0.2, 0) is 11.2 Å². The van der Waals surface area contributed by atoms with E-state index < -0.39 is 5.97 Å². The van der Waals surface area contributed by atoms with Gasteiger partial charge in [0.25, 0.3) is 0 Å². The van der Waals surface area contributed by atoms with E-state index in [0.717, 1.165) is 18.7 Å². The predicted molar refractivity (Wildman–Crippen MR) is 55.5 cm³/mol. The third-order valence-electron chi connectivity index (χ3n) is 2.72. The van der Waals surface area contributed by atoms with Crippen LogP contribution in [0.4, 0.5) is 0 Å². The van der Waals surface area contributed by atoms with Crippen LogP contribution in [0.25, 0.3) is 0 Å². The maximum Gasteiger partial charge on any atom is 0.309 e. The zero-order valence-electron chi connectivity index (χ0n) is 8.47. The summed E-state index contributed by atoms with van der Waals surface area (Å²) in [5.41, 5.74) is 1.07. The average molecular weight is 206 g/mol. The van der Waals surface area contributed by atoms with Crippen LogP contribution in [0.2, 0.25) is 0 Å². The Labute approximate surface area is 88.6 Å². The largest absolute Gasteiger partial charge is 0.481 e. The molecule has 15 heavy (non-hydrogen) atoms. The number of carboxylic acids is 1. The molecule has 1 aromatic heterocycles. The first-order valence-electron chi connectivity index (χ1n) is 5.11. The summed E-state index contributed by atoms with van der Waals surface area (Å²) in [4.78, 5) is 16.9. The highest BCUT2D eigenvalue weighted by Gasteiger charge is 2.31. The molecular formula is C11H14N2O2. The lowest BCUT2D eigenvalue weighted by atomic mass is 10.0. The number of hydrogen-bond donors (Lipinski definition) is 1. The molecule has 1 aromatic rings. The number of aromatic nitrogens is 1. The number of rotatable bonds is 4. The van der Waals surface area contributed by atoms with Gasteiger partial charge >= 0.3 is 5.97 Å². The smallest absolute Gasteiger partial charge is 0.309 e. The van der Waals surface area contributed by atoms with E-state index in [4.69, 9.17) is 5.11 Å². The predicted octanol–water partition coefficient (Wildman–Crippen LogP) is 0.640. The number of nitrogens with zero attached hydrogens (tertiary/aromatic N) is 2. The monoisotopic (exact) mass is 206 g/mol. The first kappa shape index (κ1) is 10.1. The number of pyridine rings is 1. The summed E-state index contributed by atoms with van der Waals surface area (Å²) >= 11 is 0. The highest BCUT2D eigenvalue weighted by atomic mass is 16.4. The van der Waals surface area contributed by atoms with Crippen molar-refractivity contribution in [2.45, 2.75) is 6.42 Å². The minimum atomic E-state index is -0.677. The fourth-order valence-electron chi connectivity index (χ4n) is 1.73. The van der Waals surface area contributed by atoms with Crippen molar-refractivity contribution in [1.82, 2.24) is 9.88 Å². The van der Waals surface area contributed by atoms with Gasteiger partial charge in [-0.3, -0.25) is 9.78 Å². The molecule has 0 spiro atoms. The maximum absolute atomic E-state index is 10.6. The van der Waals surface area contributed by atoms with Crippen LogP contribution in [0.1, 0.15) is 5.69 Å². The third kappa shape index (κ3) is 2.53. The standard InChI is InChI=1S/C11H14N2O2/c14-11(15)9-7-13(8-9)6-4-10-3-1-2-5-12-10/h1-3,5,9H,4,6-8H2,(H,14,15). The molecule has 0 aliphatic carbocycles. The summed E-state index contributed by atoms with van der Waals surface area (Å²) in [6.07, 6.45) is 2.68. The van der Waals surface area contributed by atoms with Gasteiger partial charge in [0, 0.05) is 37.9 Å². The number of carbonyl (C=O) groups is 1. The van der Waals surface area contributed by atoms with Crippen molar-refractivity contribution in [2.75, 3.05) is 19.6 Å². The van der Waals surface area contributed by atoms with Crippen LogP contribution in [0.15, 0.2) is 24.4 Å². The molecule has 4 nitrogen and oxygen atoms in total. The summed E-state index contributed by atoms with van der Waals surface area (Å²) in [6, 6.07) is 5.86. The van der Waals surface area contributed by atoms with E-state index in [2.05, 4.69) is 9.88 Å². The molecule has 2 heterocycles. The molecule has 0 saturated carbocycles. The Kier molecular flexibility index (Phi) is 2.97. The second-order valence-electron chi connectivity index (χ2n) is 3.87. The molecule has 80 valence electrons. The van der Waals surface area contributed by atoms with E-state index in [1.54, 1.807) is 6.20 Å². The van der Waals surface area contributed by atoms with Crippen molar-refractivity contribution in [1.29, 1.82) is 0 Å². The Hall–Kier alpha value is -1.42. The first-order chi connectivity index (χ1) is 7.25. The van der Waals surface area contributed by atoms with Gasteiger partial charge in [-0.2, -0.15) is 0 Å². The van der Waals surface area contributed by atoms with Crippen molar-refractivity contribution < 1.29 is 9.90 Å². The fourth-order valence-corrected chi connectivity index (χ4v) is 1.73. The second kappa shape index (κ2) is 4.40. The van der Waals surface area contributed by atoms with Gasteiger partial charge in [-0.15, -0.1) is 0 Å².